The van der Waals surface area contributed by atoms with Gasteiger partial charge in [0.2, 0.25) is 0 Å². The summed E-state index contributed by atoms with van der Waals surface area (Å²) in [5.74, 6) is -0.675. The largest absolute Gasteiger partial charge is 0.506 e. The summed E-state index contributed by atoms with van der Waals surface area (Å²) in [5.41, 5.74) is 0.327. The van der Waals surface area contributed by atoms with E-state index in [1.54, 1.807) is 25.1 Å². The SMILES string of the molecule is CC1(C(=O)O)CCN(Cc2ccc(O)c(Cl)c2)C1. The molecule has 1 aliphatic rings. The molecular weight excluding hydrogens is 254 g/mol. The highest BCUT2D eigenvalue weighted by molar-refractivity contribution is 6.32. The van der Waals surface area contributed by atoms with Crippen LogP contribution in [0.15, 0.2) is 18.2 Å². The van der Waals surface area contributed by atoms with Gasteiger partial charge >= 0.3 is 5.97 Å². The lowest BCUT2D eigenvalue weighted by Crippen LogP contribution is -2.31. The molecule has 1 aromatic carbocycles. The van der Waals surface area contributed by atoms with Crippen molar-refractivity contribution in [3.8, 4) is 5.75 Å². The third-order valence-electron chi connectivity index (χ3n) is 3.49. The number of carboxylic acids is 1. The third-order valence-corrected chi connectivity index (χ3v) is 3.79. The number of benzene rings is 1. The molecule has 1 heterocycles. The molecule has 1 aromatic rings. The molecule has 0 saturated carbocycles. The van der Waals surface area contributed by atoms with Crippen molar-refractivity contribution in [2.75, 3.05) is 13.1 Å². The summed E-state index contributed by atoms with van der Waals surface area (Å²) in [6.07, 6.45) is 0.661. The number of aliphatic carboxylic acids is 1. The molecule has 1 aliphatic heterocycles. The van der Waals surface area contributed by atoms with Crippen LogP contribution in [-0.4, -0.2) is 34.2 Å². The molecule has 0 aliphatic carbocycles. The van der Waals surface area contributed by atoms with Crippen molar-refractivity contribution in [1.29, 1.82) is 0 Å². The minimum absolute atomic E-state index is 0.0669. The maximum atomic E-state index is 11.1. The van der Waals surface area contributed by atoms with E-state index < -0.39 is 11.4 Å². The number of phenolic OH excluding ortho intramolecular Hbond substituents is 1. The average molecular weight is 270 g/mol. The van der Waals surface area contributed by atoms with Crippen LogP contribution in [0.2, 0.25) is 5.02 Å². The van der Waals surface area contributed by atoms with Crippen molar-refractivity contribution >= 4 is 17.6 Å². The van der Waals surface area contributed by atoms with Crippen LogP contribution in [0.5, 0.6) is 5.75 Å². The Bertz CT molecular complexity index is 477. The van der Waals surface area contributed by atoms with E-state index in [4.69, 9.17) is 16.7 Å². The molecule has 18 heavy (non-hydrogen) atoms. The van der Waals surface area contributed by atoms with Crippen molar-refractivity contribution in [1.82, 2.24) is 4.90 Å². The number of likely N-dealkylation sites (tertiary alicyclic amines) is 1. The summed E-state index contributed by atoms with van der Waals surface area (Å²) in [5, 5.41) is 18.8. The van der Waals surface area contributed by atoms with E-state index in [0.717, 1.165) is 12.1 Å². The van der Waals surface area contributed by atoms with Gasteiger partial charge < -0.3 is 10.2 Å². The Morgan fingerprint density at radius 1 is 1.56 bits per heavy atom. The van der Waals surface area contributed by atoms with Gasteiger partial charge in [0.05, 0.1) is 10.4 Å². The highest BCUT2D eigenvalue weighted by Crippen LogP contribution is 2.32. The predicted octanol–water partition coefficient (Wildman–Crippen LogP) is 2.34. The summed E-state index contributed by atoms with van der Waals surface area (Å²) < 4.78 is 0. The molecule has 0 aromatic heterocycles. The number of carboxylic acid groups (broad SMARTS) is 1. The van der Waals surface area contributed by atoms with E-state index in [1.807, 2.05) is 0 Å². The lowest BCUT2D eigenvalue weighted by atomic mass is 9.90. The van der Waals surface area contributed by atoms with Crippen LogP contribution in [0.4, 0.5) is 0 Å². The summed E-state index contributed by atoms with van der Waals surface area (Å²) in [6, 6.07) is 5.08. The molecule has 0 spiro atoms. The van der Waals surface area contributed by atoms with E-state index in [9.17, 15) is 9.90 Å². The summed E-state index contributed by atoms with van der Waals surface area (Å²) in [7, 11) is 0. The highest BCUT2D eigenvalue weighted by atomic mass is 35.5. The second-order valence-electron chi connectivity index (χ2n) is 5.11. The molecule has 4 nitrogen and oxygen atoms in total. The van der Waals surface area contributed by atoms with Crippen molar-refractivity contribution in [2.45, 2.75) is 19.9 Å². The fourth-order valence-electron chi connectivity index (χ4n) is 2.27. The van der Waals surface area contributed by atoms with Gasteiger partial charge in [0, 0.05) is 13.1 Å². The Labute approximate surface area is 111 Å². The van der Waals surface area contributed by atoms with E-state index in [2.05, 4.69) is 4.90 Å². The normalized spacial score (nSPS) is 24.3. The van der Waals surface area contributed by atoms with E-state index >= 15 is 0 Å². The molecule has 1 atom stereocenters. The highest BCUT2D eigenvalue weighted by Gasteiger charge is 2.40. The van der Waals surface area contributed by atoms with Gasteiger partial charge in [0.1, 0.15) is 5.75 Å². The number of nitrogens with zero attached hydrogens (tertiary/aromatic N) is 1. The van der Waals surface area contributed by atoms with Gasteiger partial charge in [-0.15, -0.1) is 0 Å². The topological polar surface area (TPSA) is 60.8 Å². The zero-order valence-electron chi connectivity index (χ0n) is 10.2. The predicted molar refractivity (Wildman–Crippen MR) is 68.8 cm³/mol. The first kappa shape index (κ1) is 13.2. The van der Waals surface area contributed by atoms with Gasteiger partial charge in [0.25, 0.3) is 0 Å². The quantitative estimate of drug-likeness (QED) is 0.884. The standard InChI is InChI=1S/C13H16ClNO3/c1-13(12(17)18)4-5-15(8-13)7-9-2-3-11(16)10(14)6-9/h2-3,6,16H,4-5,7-8H2,1H3,(H,17,18). The fourth-order valence-corrected chi connectivity index (χ4v) is 2.48. The van der Waals surface area contributed by atoms with Gasteiger partial charge in [-0.25, -0.2) is 0 Å². The molecule has 2 rings (SSSR count). The number of rotatable bonds is 3. The molecular formula is C13H16ClNO3. The number of halogens is 1. The Morgan fingerprint density at radius 3 is 2.83 bits per heavy atom. The van der Waals surface area contributed by atoms with Gasteiger partial charge in [-0.2, -0.15) is 0 Å². The number of hydrogen-bond acceptors (Lipinski definition) is 3. The Kier molecular flexibility index (Phi) is 3.50. The first-order valence-electron chi connectivity index (χ1n) is 5.84. The van der Waals surface area contributed by atoms with Crippen LogP contribution in [0, 0.1) is 5.41 Å². The van der Waals surface area contributed by atoms with Crippen molar-refractivity contribution < 1.29 is 15.0 Å². The third kappa shape index (κ3) is 2.60. The molecule has 1 unspecified atom stereocenters. The van der Waals surface area contributed by atoms with Crippen LogP contribution >= 0.6 is 11.6 Å². The molecule has 1 saturated heterocycles. The molecule has 0 bridgehead atoms. The number of aromatic hydroxyl groups is 1. The Balaban J connectivity index is 2.03. The number of carbonyl (C=O) groups is 1. The van der Waals surface area contributed by atoms with Crippen LogP contribution in [0.1, 0.15) is 18.9 Å². The van der Waals surface area contributed by atoms with Gasteiger partial charge in [0.15, 0.2) is 0 Å². The van der Waals surface area contributed by atoms with Gasteiger partial charge in [-0.1, -0.05) is 17.7 Å². The maximum Gasteiger partial charge on any atom is 0.310 e. The van der Waals surface area contributed by atoms with Gasteiger partial charge in [-0.3, -0.25) is 9.69 Å². The zero-order chi connectivity index (χ0) is 13.3. The van der Waals surface area contributed by atoms with E-state index in [0.29, 0.717) is 24.5 Å². The summed E-state index contributed by atoms with van der Waals surface area (Å²) in [4.78, 5) is 13.2. The molecule has 5 heteroatoms. The van der Waals surface area contributed by atoms with E-state index in [-0.39, 0.29) is 5.75 Å². The minimum atomic E-state index is -0.742. The zero-order valence-corrected chi connectivity index (χ0v) is 10.9. The smallest absolute Gasteiger partial charge is 0.310 e. The van der Waals surface area contributed by atoms with E-state index in [1.165, 1.54) is 0 Å². The minimum Gasteiger partial charge on any atom is -0.506 e. The van der Waals surface area contributed by atoms with Crippen molar-refractivity contribution in [2.24, 2.45) is 5.41 Å². The monoisotopic (exact) mass is 269 g/mol. The molecule has 98 valence electrons. The van der Waals surface area contributed by atoms with Crippen LogP contribution < -0.4 is 0 Å². The number of hydrogen-bond donors (Lipinski definition) is 2. The maximum absolute atomic E-state index is 11.1. The number of phenols is 1. The molecule has 0 amide bonds. The van der Waals surface area contributed by atoms with Crippen molar-refractivity contribution in [3.05, 3.63) is 28.8 Å². The summed E-state index contributed by atoms with van der Waals surface area (Å²) >= 11 is 5.84. The lowest BCUT2D eigenvalue weighted by molar-refractivity contribution is -0.147. The Morgan fingerprint density at radius 2 is 2.28 bits per heavy atom. The van der Waals surface area contributed by atoms with Gasteiger partial charge in [-0.05, 0) is 37.6 Å². The first-order valence-corrected chi connectivity index (χ1v) is 6.22. The first-order chi connectivity index (χ1) is 8.40. The van der Waals surface area contributed by atoms with Crippen LogP contribution in [0.25, 0.3) is 0 Å². The van der Waals surface area contributed by atoms with Crippen LogP contribution in [0.3, 0.4) is 0 Å². The van der Waals surface area contributed by atoms with Crippen LogP contribution in [-0.2, 0) is 11.3 Å². The molecule has 2 N–H and O–H groups in total. The second-order valence-corrected chi connectivity index (χ2v) is 5.52. The average Bonchev–Trinajstić information content (AvgIpc) is 2.67. The lowest BCUT2D eigenvalue weighted by Gasteiger charge is -2.20. The Hall–Kier alpha value is -1.26. The summed E-state index contributed by atoms with van der Waals surface area (Å²) in [6.45, 7) is 3.74. The molecule has 1 fully saturated rings. The molecule has 0 radical (unpaired) electrons. The van der Waals surface area contributed by atoms with Crippen molar-refractivity contribution in [3.63, 3.8) is 0 Å². The fraction of sp³-hybridized carbons (Fsp3) is 0.462. The second kappa shape index (κ2) is 4.78.